The number of rotatable bonds is 5. The Balaban J connectivity index is 2.31. The molecule has 0 aliphatic rings. The fourth-order valence-electron chi connectivity index (χ4n) is 1.45. The minimum atomic E-state index is 0.506. The molecule has 0 atom stereocenters. The highest BCUT2D eigenvalue weighted by atomic mass is 16.5. The molecule has 84 valence electrons. The van der Waals surface area contributed by atoms with Crippen molar-refractivity contribution >= 4 is 17.3 Å². The number of hydrogen-bond acceptors (Lipinski definition) is 4. The molecule has 0 bridgehead atoms. The Morgan fingerprint density at radius 3 is 3.12 bits per heavy atom. The van der Waals surface area contributed by atoms with Crippen molar-refractivity contribution in [2.24, 2.45) is 0 Å². The van der Waals surface area contributed by atoms with Crippen LogP contribution in [0.1, 0.15) is 30.1 Å². The summed E-state index contributed by atoms with van der Waals surface area (Å²) in [6, 6.07) is 0. The number of aromatic nitrogens is 3. The number of H-pyrrole nitrogens is 1. The van der Waals surface area contributed by atoms with Crippen LogP contribution in [0.4, 0.5) is 0 Å². The van der Waals surface area contributed by atoms with E-state index in [4.69, 9.17) is 4.74 Å². The molecule has 0 fully saturated rings. The normalized spacial score (nSPS) is 10.6. The van der Waals surface area contributed by atoms with Gasteiger partial charge in [-0.05, 0) is 6.42 Å². The predicted octanol–water partition coefficient (Wildman–Crippen LogP) is 1.95. The van der Waals surface area contributed by atoms with Crippen molar-refractivity contribution in [3.8, 4) is 5.88 Å². The summed E-state index contributed by atoms with van der Waals surface area (Å²) in [5, 5.41) is 0. The van der Waals surface area contributed by atoms with E-state index in [2.05, 4.69) is 21.9 Å². The van der Waals surface area contributed by atoms with E-state index in [1.54, 1.807) is 6.20 Å². The number of nitrogens with zero attached hydrogens (tertiary/aromatic N) is 2. The van der Waals surface area contributed by atoms with Crippen LogP contribution in [0.25, 0.3) is 11.0 Å². The smallest absolute Gasteiger partial charge is 0.241 e. The highest BCUT2D eigenvalue weighted by molar-refractivity contribution is 5.96. The molecule has 5 nitrogen and oxygen atoms in total. The van der Waals surface area contributed by atoms with E-state index in [9.17, 15) is 4.79 Å². The molecule has 0 radical (unpaired) electrons. The van der Waals surface area contributed by atoms with Crippen molar-refractivity contribution in [1.82, 2.24) is 15.0 Å². The molecule has 2 rings (SSSR count). The molecule has 2 aromatic heterocycles. The van der Waals surface area contributed by atoms with Crippen LogP contribution in [0.2, 0.25) is 0 Å². The van der Waals surface area contributed by atoms with E-state index in [1.807, 2.05) is 0 Å². The van der Waals surface area contributed by atoms with E-state index in [-0.39, 0.29) is 0 Å². The molecular weight excluding hydrogens is 206 g/mol. The number of aldehydes is 1. The molecule has 0 spiro atoms. The SMILES string of the molecule is CCCCOc1ncnc2c(C=O)c[nH]c12. The van der Waals surface area contributed by atoms with Gasteiger partial charge in [0.05, 0.1) is 12.2 Å². The third kappa shape index (κ3) is 1.88. The molecule has 5 heteroatoms. The van der Waals surface area contributed by atoms with Crippen LogP contribution in [0.15, 0.2) is 12.5 Å². The van der Waals surface area contributed by atoms with Crippen molar-refractivity contribution in [2.45, 2.75) is 19.8 Å². The van der Waals surface area contributed by atoms with E-state index in [0.29, 0.717) is 29.1 Å². The van der Waals surface area contributed by atoms with Crippen LogP contribution in [0.5, 0.6) is 5.88 Å². The van der Waals surface area contributed by atoms with Crippen LogP contribution in [-0.4, -0.2) is 27.8 Å². The van der Waals surface area contributed by atoms with Crippen molar-refractivity contribution < 1.29 is 9.53 Å². The molecule has 0 aromatic carbocycles. The van der Waals surface area contributed by atoms with E-state index < -0.39 is 0 Å². The molecule has 1 N–H and O–H groups in total. The van der Waals surface area contributed by atoms with E-state index in [0.717, 1.165) is 19.1 Å². The van der Waals surface area contributed by atoms with Gasteiger partial charge in [-0.3, -0.25) is 4.79 Å². The zero-order valence-electron chi connectivity index (χ0n) is 9.06. The zero-order valence-corrected chi connectivity index (χ0v) is 9.06. The standard InChI is InChI=1S/C11H13N3O2/c1-2-3-4-16-11-10-9(13-7-14-11)8(6-15)5-12-10/h5-7,12H,2-4H2,1H3. The van der Waals surface area contributed by atoms with Crippen LogP contribution in [0, 0.1) is 0 Å². The van der Waals surface area contributed by atoms with Gasteiger partial charge >= 0.3 is 0 Å². The zero-order chi connectivity index (χ0) is 11.4. The lowest BCUT2D eigenvalue weighted by atomic mass is 10.3. The number of fused-ring (bicyclic) bond motifs is 1. The number of ether oxygens (including phenoxy) is 1. The number of aromatic amines is 1. The highest BCUT2D eigenvalue weighted by Crippen LogP contribution is 2.21. The van der Waals surface area contributed by atoms with Crippen molar-refractivity contribution in [1.29, 1.82) is 0 Å². The first-order chi connectivity index (χ1) is 7.86. The second-order valence-electron chi connectivity index (χ2n) is 3.47. The fourth-order valence-corrected chi connectivity index (χ4v) is 1.45. The van der Waals surface area contributed by atoms with Crippen LogP contribution < -0.4 is 4.74 Å². The molecule has 0 amide bonds. The topological polar surface area (TPSA) is 67.9 Å². The number of carbonyl (C=O) groups is 1. The van der Waals surface area contributed by atoms with Gasteiger partial charge in [-0.2, -0.15) is 4.98 Å². The maximum atomic E-state index is 10.7. The first kappa shape index (κ1) is 10.6. The summed E-state index contributed by atoms with van der Waals surface area (Å²) in [5.41, 5.74) is 1.81. The van der Waals surface area contributed by atoms with Gasteiger partial charge in [-0.1, -0.05) is 13.3 Å². The van der Waals surface area contributed by atoms with Gasteiger partial charge in [0.25, 0.3) is 0 Å². The molecule has 0 unspecified atom stereocenters. The van der Waals surface area contributed by atoms with Crippen molar-refractivity contribution in [2.75, 3.05) is 6.61 Å². The molecule has 0 aliphatic carbocycles. The Labute approximate surface area is 92.9 Å². The average Bonchev–Trinajstić information content (AvgIpc) is 2.73. The van der Waals surface area contributed by atoms with Gasteiger partial charge in [-0.15, -0.1) is 0 Å². The third-order valence-electron chi connectivity index (χ3n) is 2.32. The Morgan fingerprint density at radius 1 is 1.50 bits per heavy atom. The van der Waals surface area contributed by atoms with E-state index >= 15 is 0 Å². The van der Waals surface area contributed by atoms with Crippen LogP contribution >= 0.6 is 0 Å². The lowest BCUT2D eigenvalue weighted by Crippen LogP contribution is -1.99. The molecular formula is C11H13N3O2. The summed E-state index contributed by atoms with van der Waals surface area (Å²) in [6.45, 7) is 2.72. The van der Waals surface area contributed by atoms with Gasteiger partial charge in [0.2, 0.25) is 5.88 Å². The number of hydrogen-bond donors (Lipinski definition) is 1. The average molecular weight is 219 g/mol. The minimum Gasteiger partial charge on any atom is -0.476 e. The van der Waals surface area contributed by atoms with Crippen molar-refractivity contribution in [3.63, 3.8) is 0 Å². The second-order valence-corrected chi connectivity index (χ2v) is 3.47. The molecule has 0 saturated carbocycles. The Hall–Kier alpha value is -1.91. The maximum Gasteiger partial charge on any atom is 0.241 e. The maximum absolute atomic E-state index is 10.7. The molecule has 0 aliphatic heterocycles. The summed E-state index contributed by atoms with van der Waals surface area (Å²) in [4.78, 5) is 21.8. The summed E-state index contributed by atoms with van der Waals surface area (Å²) in [6.07, 6.45) is 5.83. The van der Waals surface area contributed by atoms with Gasteiger partial charge < -0.3 is 9.72 Å². The molecule has 16 heavy (non-hydrogen) atoms. The Bertz CT molecular complexity index is 493. The summed E-state index contributed by atoms with van der Waals surface area (Å²) < 4.78 is 5.52. The minimum absolute atomic E-state index is 0.506. The number of carbonyl (C=O) groups excluding carboxylic acids is 1. The van der Waals surface area contributed by atoms with Crippen molar-refractivity contribution in [3.05, 3.63) is 18.1 Å². The van der Waals surface area contributed by atoms with Gasteiger partial charge in [0.1, 0.15) is 17.4 Å². The first-order valence-electron chi connectivity index (χ1n) is 5.27. The summed E-state index contributed by atoms with van der Waals surface area (Å²) in [5.74, 6) is 0.506. The predicted molar refractivity (Wildman–Crippen MR) is 59.7 cm³/mol. The second kappa shape index (κ2) is 4.74. The number of nitrogens with one attached hydrogen (secondary N) is 1. The monoisotopic (exact) mass is 219 g/mol. The quantitative estimate of drug-likeness (QED) is 0.616. The molecule has 0 saturated heterocycles. The molecule has 2 aromatic rings. The van der Waals surface area contributed by atoms with Crippen LogP contribution in [-0.2, 0) is 0 Å². The lowest BCUT2D eigenvalue weighted by Gasteiger charge is -2.04. The largest absolute Gasteiger partial charge is 0.476 e. The van der Waals surface area contributed by atoms with Crippen LogP contribution in [0.3, 0.4) is 0 Å². The number of unbranched alkanes of at least 4 members (excludes halogenated alkanes) is 1. The first-order valence-corrected chi connectivity index (χ1v) is 5.27. The van der Waals surface area contributed by atoms with Gasteiger partial charge in [0.15, 0.2) is 6.29 Å². The lowest BCUT2D eigenvalue weighted by molar-refractivity contribution is 0.112. The van der Waals surface area contributed by atoms with E-state index in [1.165, 1.54) is 6.33 Å². The van der Waals surface area contributed by atoms with Gasteiger partial charge in [-0.25, -0.2) is 4.98 Å². The molecule has 2 heterocycles. The summed E-state index contributed by atoms with van der Waals surface area (Å²) in [7, 11) is 0. The van der Waals surface area contributed by atoms with Gasteiger partial charge in [0, 0.05) is 6.20 Å². The third-order valence-corrected chi connectivity index (χ3v) is 2.32. The Morgan fingerprint density at radius 2 is 2.38 bits per heavy atom. The fraction of sp³-hybridized carbons (Fsp3) is 0.364. The Kier molecular flexibility index (Phi) is 3.14. The highest BCUT2D eigenvalue weighted by Gasteiger charge is 2.09. The summed E-state index contributed by atoms with van der Waals surface area (Å²) >= 11 is 0.